The summed E-state index contributed by atoms with van der Waals surface area (Å²) in [5.41, 5.74) is 2.08. The SMILES string of the molecule is COc1cc(C=C2NC(=O)SC2=O)cc2cc(C(=O)c3nc(-c4ccccc4)oc3C)oc12. The fourth-order valence-electron chi connectivity index (χ4n) is 3.51. The van der Waals surface area contributed by atoms with Gasteiger partial charge in [-0.3, -0.25) is 14.4 Å². The van der Waals surface area contributed by atoms with Gasteiger partial charge in [-0.25, -0.2) is 4.98 Å². The minimum Gasteiger partial charge on any atom is -0.493 e. The van der Waals surface area contributed by atoms with Crippen molar-refractivity contribution in [1.82, 2.24) is 10.3 Å². The average Bonchev–Trinajstić information content (AvgIpc) is 3.50. The molecule has 9 heteroatoms. The molecule has 3 heterocycles. The van der Waals surface area contributed by atoms with Gasteiger partial charge in [-0.15, -0.1) is 0 Å². The standard InChI is InChI=1S/C24H16N2O6S/c1-12-19(26-22(31-12)14-6-4-3-5-7-14)20(27)17-11-15-8-13(10-18(30-2)21(15)32-17)9-16-23(28)33-24(29)25-16/h3-11H,1-2H3,(H,25,29). The first-order valence-corrected chi connectivity index (χ1v) is 10.7. The quantitative estimate of drug-likeness (QED) is 0.329. The van der Waals surface area contributed by atoms with Crippen molar-refractivity contribution in [3.05, 3.63) is 77.0 Å². The van der Waals surface area contributed by atoms with E-state index in [-0.39, 0.29) is 22.3 Å². The molecule has 1 fully saturated rings. The van der Waals surface area contributed by atoms with Crippen molar-refractivity contribution in [3.63, 3.8) is 0 Å². The zero-order valence-electron chi connectivity index (χ0n) is 17.5. The number of nitrogens with zero attached hydrogens (tertiary/aromatic N) is 1. The van der Waals surface area contributed by atoms with E-state index in [0.717, 1.165) is 5.56 Å². The van der Waals surface area contributed by atoms with Gasteiger partial charge in [-0.1, -0.05) is 18.2 Å². The topological polar surface area (TPSA) is 112 Å². The third-order valence-electron chi connectivity index (χ3n) is 5.03. The van der Waals surface area contributed by atoms with E-state index in [4.69, 9.17) is 13.6 Å². The summed E-state index contributed by atoms with van der Waals surface area (Å²) >= 11 is 0.601. The van der Waals surface area contributed by atoms with Gasteiger partial charge >= 0.3 is 0 Å². The number of rotatable bonds is 5. The number of ether oxygens (including phenoxy) is 1. The van der Waals surface area contributed by atoms with Crippen molar-refractivity contribution < 1.29 is 28.0 Å². The molecule has 33 heavy (non-hydrogen) atoms. The highest BCUT2D eigenvalue weighted by molar-refractivity contribution is 8.27. The molecule has 0 bridgehead atoms. The second kappa shape index (κ2) is 8.10. The molecule has 1 amide bonds. The Kier molecular flexibility index (Phi) is 5.10. The number of hydrogen-bond donors (Lipinski definition) is 1. The molecule has 0 spiro atoms. The third-order valence-corrected chi connectivity index (χ3v) is 5.73. The van der Waals surface area contributed by atoms with Crippen LogP contribution in [0.15, 0.2) is 63.1 Å². The lowest BCUT2D eigenvalue weighted by Gasteiger charge is -2.03. The molecule has 0 aliphatic carbocycles. The van der Waals surface area contributed by atoms with Crippen molar-refractivity contribution in [1.29, 1.82) is 0 Å². The number of amides is 1. The summed E-state index contributed by atoms with van der Waals surface area (Å²) in [6, 6.07) is 14.3. The number of carbonyl (C=O) groups excluding carboxylic acids is 3. The fraction of sp³-hybridized carbons (Fsp3) is 0.0833. The van der Waals surface area contributed by atoms with Gasteiger partial charge in [0.15, 0.2) is 22.8 Å². The van der Waals surface area contributed by atoms with Crippen LogP contribution in [0.25, 0.3) is 28.5 Å². The zero-order valence-corrected chi connectivity index (χ0v) is 18.3. The van der Waals surface area contributed by atoms with Gasteiger partial charge in [0, 0.05) is 22.7 Å². The van der Waals surface area contributed by atoms with Crippen LogP contribution in [-0.2, 0) is 4.79 Å². The highest BCUT2D eigenvalue weighted by Crippen LogP contribution is 2.33. The maximum atomic E-state index is 13.2. The van der Waals surface area contributed by atoms with Gasteiger partial charge in [-0.2, -0.15) is 0 Å². The number of benzene rings is 2. The molecule has 0 saturated carbocycles. The Morgan fingerprint density at radius 1 is 1.12 bits per heavy atom. The number of ketones is 1. The van der Waals surface area contributed by atoms with E-state index in [2.05, 4.69) is 10.3 Å². The van der Waals surface area contributed by atoms with Gasteiger partial charge in [-0.05, 0) is 48.9 Å². The van der Waals surface area contributed by atoms with Crippen LogP contribution >= 0.6 is 11.8 Å². The summed E-state index contributed by atoms with van der Waals surface area (Å²) in [7, 11) is 1.47. The molecule has 1 N–H and O–H groups in total. The number of methoxy groups -OCH3 is 1. The molecule has 1 saturated heterocycles. The molecule has 2 aromatic carbocycles. The van der Waals surface area contributed by atoms with Crippen LogP contribution in [0.5, 0.6) is 5.75 Å². The summed E-state index contributed by atoms with van der Waals surface area (Å²) in [5.74, 6) is 0.755. The van der Waals surface area contributed by atoms with Gasteiger partial charge in [0.25, 0.3) is 5.24 Å². The van der Waals surface area contributed by atoms with Crippen LogP contribution in [0.3, 0.4) is 0 Å². The Hall–Kier alpha value is -4.11. The Balaban J connectivity index is 1.53. The monoisotopic (exact) mass is 460 g/mol. The smallest absolute Gasteiger partial charge is 0.291 e. The number of hydrogen-bond acceptors (Lipinski definition) is 8. The van der Waals surface area contributed by atoms with Crippen molar-refractivity contribution in [3.8, 4) is 17.2 Å². The number of oxazole rings is 1. The minimum atomic E-state index is -0.425. The van der Waals surface area contributed by atoms with Crippen LogP contribution in [0, 0.1) is 6.92 Å². The number of fused-ring (bicyclic) bond motifs is 1. The second-order valence-corrected chi connectivity index (χ2v) is 8.18. The number of furan rings is 1. The minimum absolute atomic E-state index is 0.0740. The Morgan fingerprint density at radius 3 is 2.61 bits per heavy atom. The molecule has 0 unspecified atom stereocenters. The Labute approximate surface area is 191 Å². The van der Waals surface area contributed by atoms with Crippen molar-refractivity contribution in [2.24, 2.45) is 0 Å². The van der Waals surface area contributed by atoms with Gasteiger partial charge in [0.1, 0.15) is 5.76 Å². The summed E-state index contributed by atoms with van der Waals surface area (Å²) < 4.78 is 16.9. The predicted molar refractivity (Wildman–Crippen MR) is 122 cm³/mol. The van der Waals surface area contributed by atoms with Crippen molar-refractivity contribution >= 4 is 44.9 Å². The summed E-state index contributed by atoms with van der Waals surface area (Å²) in [6.45, 7) is 1.67. The Morgan fingerprint density at radius 2 is 1.91 bits per heavy atom. The van der Waals surface area contributed by atoms with E-state index in [0.29, 0.717) is 45.7 Å². The lowest BCUT2D eigenvalue weighted by molar-refractivity contribution is -0.107. The number of aromatic nitrogens is 1. The molecular weight excluding hydrogens is 444 g/mol. The molecule has 2 aromatic heterocycles. The van der Waals surface area contributed by atoms with E-state index in [1.165, 1.54) is 7.11 Å². The molecule has 0 atom stereocenters. The number of thioether (sulfide) groups is 1. The van der Waals surface area contributed by atoms with Crippen molar-refractivity contribution in [2.45, 2.75) is 6.92 Å². The largest absolute Gasteiger partial charge is 0.493 e. The van der Waals surface area contributed by atoms with E-state index >= 15 is 0 Å². The molecule has 1 aliphatic rings. The first kappa shape index (κ1) is 20.8. The van der Waals surface area contributed by atoms with Gasteiger partial charge in [0.05, 0.1) is 12.8 Å². The van der Waals surface area contributed by atoms with Crippen LogP contribution in [-0.4, -0.2) is 28.2 Å². The van der Waals surface area contributed by atoms with Crippen molar-refractivity contribution in [2.75, 3.05) is 7.11 Å². The van der Waals surface area contributed by atoms with E-state index in [1.54, 1.807) is 31.2 Å². The van der Waals surface area contributed by atoms with E-state index < -0.39 is 11.0 Å². The number of nitrogens with one attached hydrogen (secondary N) is 1. The highest BCUT2D eigenvalue weighted by Gasteiger charge is 2.26. The maximum Gasteiger partial charge on any atom is 0.291 e. The highest BCUT2D eigenvalue weighted by atomic mass is 32.2. The van der Waals surface area contributed by atoms with E-state index in [9.17, 15) is 14.4 Å². The van der Waals surface area contributed by atoms with Crippen LogP contribution in [0.4, 0.5) is 4.79 Å². The summed E-state index contributed by atoms with van der Waals surface area (Å²) in [5, 5.41) is 2.31. The lowest BCUT2D eigenvalue weighted by atomic mass is 10.1. The molecular formula is C24H16N2O6S. The molecule has 4 aromatic rings. The average molecular weight is 460 g/mol. The van der Waals surface area contributed by atoms with Gasteiger partial charge < -0.3 is 18.9 Å². The summed E-state index contributed by atoms with van der Waals surface area (Å²) in [6.07, 6.45) is 1.55. The fourth-order valence-corrected chi connectivity index (χ4v) is 4.05. The number of aryl methyl sites for hydroxylation is 1. The molecule has 0 radical (unpaired) electrons. The predicted octanol–water partition coefficient (Wildman–Crippen LogP) is 4.96. The van der Waals surface area contributed by atoms with Gasteiger partial charge in [0.2, 0.25) is 16.8 Å². The molecule has 164 valence electrons. The normalized spacial score (nSPS) is 14.8. The lowest BCUT2D eigenvalue weighted by Crippen LogP contribution is -2.10. The zero-order chi connectivity index (χ0) is 23.1. The Bertz CT molecular complexity index is 1470. The van der Waals surface area contributed by atoms with Crippen LogP contribution in [0.2, 0.25) is 0 Å². The van der Waals surface area contributed by atoms with Crippen LogP contribution in [0.1, 0.15) is 27.6 Å². The third kappa shape index (κ3) is 3.83. The number of carbonyl (C=O) groups is 3. The molecule has 8 nitrogen and oxygen atoms in total. The van der Waals surface area contributed by atoms with Crippen LogP contribution < -0.4 is 10.1 Å². The first-order chi connectivity index (χ1) is 15.9. The maximum absolute atomic E-state index is 13.2. The molecule has 1 aliphatic heterocycles. The second-order valence-electron chi connectivity index (χ2n) is 7.23. The van der Waals surface area contributed by atoms with E-state index in [1.807, 2.05) is 30.3 Å². The molecule has 5 rings (SSSR count). The summed E-state index contributed by atoms with van der Waals surface area (Å²) in [4.78, 5) is 40.9. The first-order valence-electron chi connectivity index (χ1n) is 9.87.